The van der Waals surface area contributed by atoms with Crippen molar-refractivity contribution in [2.75, 3.05) is 0 Å². The third-order valence-electron chi connectivity index (χ3n) is 2.55. The van der Waals surface area contributed by atoms with Crippen molar-refractivity contribution < 1.29 is 9.76 Å². The van der Waals surface area contributed by atoms with E-state index in [2.05, 4.69) is 13.8 Å². The summed E-state index contributed by atoms with van der Waals surface area (Å²) in [4.78, 5) is 0. The van der Waals surface area contributed by atoms with Gasteiger partial charge in [-0.3, -0.25) is 0 Å². The van der Waals surface area contributed by atoms with Crippen molar-refractivity contribution in [1.82, 2.24) is 0 Å². The van der Waals surface area contributed by atoms with Gasteiger partial charge in [0.05, 0.1) is 5.75 Å². The maximum atomic E-state index is 9.98. The molecule has 0 aliphatic heterocycles. The molecule has 0 saturated heterocycles. The molecule has 1 rings (SSSR count). The summed E-state index contributed by atoms with van der Waals surface area (Å²) in [7, 11) is 3.50. The van der Waals surface area contributed by atoms with Crippen LogP contribution < -0.4 is 10.1 Å². The zero-order chi connectivity index (χ0) is 10.9. The topological polar surface area (TPSA) is 29.5 Å². The van der Waals surface area contributed by atoms with E-state index in [0.29, 0.717) is 11.7 Å². The molecule has 0 fully saturated rings. The lowest BCUT2D eigenvalue weighted by Crippen LogP contribution is -2.12. The monoisotopic (exact) mass is 190 g/mol. The van der Waals surface area contributed by atoms with Crippen LogP contribution in [0.4, 0.5) is 0 Å². The summed E-state index contributed by atoms with van der Waals surface area (Å²) in [6.45, 7) is 6.15. The molecular formula is C10H16B2O2. The number of hydrogen-bond donors (Lipinski definition) is 1. The molecule has 0 atom stereocenters. The van der Waals surface area contributed by atoms with E-state index in [1.54, 1.807) is 8.05 Å². The van der Waals surface area contributed by atoms with Gasteiger partial charge in [-0.2, -0.15) is 0 Å². The molecule has 14 heavy (non-hydrogen) atoms. The van der Waals surface area contributed by atoms with E-state index in [-0.39, 0.29) is 0 Å². The van der Waals surface area contributed by atoms with Crippen molar-refractivity contribution in [3.63, 3.8) is 0 Å². The van der Waals surface area contributed by atoms with E-state index < -0.39 is 0 Å². The Labute approximate surface area is 87.1 Å². The number of hydrogen-bond acceptors (Lipinski definition) is 2. The maximum absolute atomic E-state index is 9.98. The predicted octanol–water partition coefficient (Wildman–Crippen LogP) is 0.00932. The summed E-state index contributed by atoms with van der Waals surface area (Å²) < 4.78 is 5.18. The molecule has 4 heteroatoms. The van der Waals surface area contributed by atoms with E-state index in [4.69, 9.17) is 4.65 Å². The zero-order valence-corrected chi connectivity index (χ0v) is 9.51. The van der Waals surface area contributed by atoms with Crippen molar-refractivity contribution in [1.29, 1.82) is 0 Å². The highest BCUT2D eigenvalue weighted by Gasteiger charge is 2.14. The number of aromatic hydroxyl groups is 1. The second kappa shape index (κ2) is 3.99. The molecule has 0 aliphatic rings. The highest BCUT2D eigenvalue weighted by Crippen LogP contribution is 2.30. The molecule has 74 valence electrons. The van der Waals surface area contributed by atoms with Crippen LogP contribution in [0.2, 0.25) is 0 Å². The Bertz CT molecular complexity index is 348. The average molecular weight is 190 g/mol. The normalized spacial score (nSPS) is 10.6. The van der Waals surface area contributed by atoms with Gasteiger partial charge in [-0.15, -0.1) is 0 Å². The first kappa shape index (κ1) is 11.0. The van der Waals surface area contributed by atoms with Gasteiger partial charge in [0.15, 0.2) is 0 Å². The molecule has 0 spiro atoms. The lowest BCUT2D eigenvalue weighted by molar-refractivity contribution is 0.465. The minimum Gasteiger partial charge on any atom is -0.568 e. The second-order valence-corrected chi connectivity index (χ2v) is 3.94. The Morgan fingerprint density at radius 2 is 2.00 bits per heavy atom. The number of rotatable bonds is 2. The van der Waals surface area contributed by atoms with Crippen LogP contribution in [0.15, 0.2) is 6.07 Å². The highest BCUT2D eigenvalue weighted by molar-refractivity contribution is 6.36. The van der Waals surface area contributed by atoms with Crippen LogP contribution in [-0.4, -0.2) is 21.0 Å². The molecule has 2 nitrogen and oxygen atoms in total. The Morgan fingerprint density at radius 3 is 2.43 bits per heavy atom. The Kier molecular flexibility index (Phi) is 3.14. The molecule has 1 N–H and O–H groups in total. The minimum absolute atomic E-state index is 0.333. The maximum Gasteiger partial charge on any atom is 0.322 e. The second-order valence-electron chi connectivity index (χ2n) is 3.94. The van der Waals surface area contributed by atoms with E-state index >= 15 is 0 Å². The summed E-state index contributed by atoms with van der Waals surface area (Å²) in [5, 5.41) is 9.98. The van der Waals surface area contributed by atoms with E-state index in [1.807, 2.05) is 20.8 Å². The predicted molar refractivity (Wildman–Crippen MR) is 64.3 cm³/mol. The average Bonchev–Trinajstić information content (AvgIpc) is 2.10. The molecule has 0 saturated carbocycles. The quantitative estimate of drug-likeness (QED) is 0.665. The van der Waals surface area contributed by atoms with Crippen molar-refractivity contribution >= 4 is 21.4 Å². The van der Waals surface area contributed by atoms with Gasteiger partial charge in [-0.1, -0.05) is 13.8 Å². The van der Waals surface area contributed by atoms with Crippen LogP contribution >= 0.6 is 0 Å². The first-order valence-corrected chi connectivity index (χ1v) is 4.86. The summed E-state index contributed by atoms with van der Waals surface area (Å²) in [6, 6.07) is 1.98. The molecule has 0 unspecified atom stereocenters. The third kappa shape index (κ3) is 1.74. The molecule has 0 amide bonds. The standard InChI is InChI=1S/C10H16B2O2/c1-5(2)8-6(3)4-7(14-12)9(11)10(8)13/h4-5,13H,11-12H2,1-3H3. The van der Waals surface area contributed by atoms with Crippen LogP contribution in [0.25, 0.3) is 0 Å². The third-order valence-corrected chi connectivity index (χ3v) is 2.55. The molecule has 1 aromatic carbocycles. The molecular weight excluding hydrogens is 174 g/mol. The van der Waals surface area contributed by atoms with Crippen molar-refractivity contribution in [3.8, 4) is 11.5 Å². The fourth-order valence-electron chi connectivity index (χ4n) is 1.83. The SMILES string of the molecule is BOc1cc(C)c(C(C)C)c(O)c1B. The first-order chi connectivity index (χ1) is 6.49. The number of benzene rings is 1. The zero-order valence-electron chi connectivity index (χ0n) is 9.51. The van der Waals surface area contributed by atoms with E-state index in [0.717, 1.165) is 22.3 Å². The van der Waals surface area contributed by atoms with Gasteiger partial charge in [0.2, 0.25) is 0 Å². The van der Waals surface area contributed by atoms with Crippen LogP contribution in [0.3, 0.4) is 0 Å². The van der Waals surface area contributed by atoms with Crippen molar-refractivity contribution in [2.24, 2.45) is 0 Å². The minimum atomic E-state index is 0.333. The van der Waals surface area contributed by atoms with E-state index in [9.17, 15) is 5.11 Å². The highest BCUT2D eigenvalue weighted by atomic mass is 16.4. The number of phenolic OH excluding ortho intramolecular Hbond substituents is 1. The van der Waals surface area contributed by atoms with Gasteiger partial charge in [-0.05, 0) is 35.5 Å². The van der Waals surface area contributed by atoms with Gasteiger partial charge in [0.25, 0.3) is 0 Å². The number of phenols is 1. The largest absolute Gasteiger partial charge is 0.568 e. The Morgan fingerprint density at radius 1 is 1.43 bits per heavy atom. The smallest absolute Gasteiger partial charge is 0.322 e. The summed E-state index contributed by atoms with van der Waals surface area (Å²) >= 11 is 0. The Hall–Kier alpha value is -1.05. The fourth-order valence-corrected chi connectivity index (χ4v) is 1.83. The molecule has 0 aromatic heterocycles. The van der Waals surface area contributed by atoms with Gasteiger partial charge in [0, 0.05) is 0 Å². The van der Waals surface area contributed by atoms with Crippen molar-refractivity contribution in [2.45, 2.75) is 26.7 Å². The van der Waals surface area contributed by atoms with Crippen LogP contribution in [-0.2, 0) is 0 Å². The van der Waals surface area contributed by atoms with E-state index in [1.165, 1.54) is 0 Å². The van der Waals surface area contributed by atoms with Gasteiger partial charge >= 0.3 is 8.05 Å². The molecule has 0 radical (unpaired) electrons. The molecule has 0 heterocycles. The van der Waals surface area contributed by atoms with Crippen LogP contribution in [0.1, 0.15) is 30.9 Å². The number of aryl methyl sites for hydroxylation is 1. The van der Waals surface area contributed by atoms with Crippen LogP contribution in [0.5, 0.6) is 11.5 Å². The first-order valence-electron chi connectivity index (χ1n) is 4.86. The Balaban J connectivity index is 3.41. The van der Waals surface area contributed by atoms with Gasteiger partial charge < -0.3 is 9.76 Å². The summed E-state index contributed by atoms with van der Waals surface area (Å²) in [5.74, 6) is 1.46. The summed E-state index contributed by atoms with van der Waals surface area (Å²) in [5.41, 5.74) is 2.92. The lowest BCUT2D eigenvalue weighted by Gasteiger charge is -2.17. The van der Waals surface area contributed by atoms with Gasteiger partial charge in [-0.25, -0.2) is 0 Å². The lowest BCUT2D eigenvalue weighted by atomic mass is 9.85. The summed E-state index contributed by atoms with van der Waals surface area (Å²) in [6.07, 6.45) is 0. The molecule has 0 aliphatic carbocycles. The van der Waals surface area contributed by atoms with Gasteiger partial charge in [0.1, 0.15) is 13.6 Å². The van der Waals surface area contributed by atoms with Crippen LogP contribution in [0, 0.1) is 6.92 Å². The molecule has 0 bridgehead atoms. The van der Waals surface area contributed by atoms with Crippen molar-refractivity contribution in [3.05, 3.63) is 17.2 Å². The fraction of sp³-hybridized carbons (Fsp3) is 0.400. The molecule has 1 aromatic rings.